The Labute approximate surface area is 100 Å². The van der Waals surface area contributed by atoms with Crippen LogP contribution in [0.1, 0.15) is 39.5 Å². The first-order chi connectivity index (χ1) is 4.63. The quantitative estimate of drug-likeness (QED) is 0.568. The van der Waals surface area contributed by atoms with E-state index in [2.05, 4.69) is 13.8 Å². The number of rotatable bonds is 5. The van der Waals surface area contributed by atoms with Gasteiger partial charge in [-0.1, -0.05) is 26.7 Å². The number of hydrogen-bond donors (Lipinski definition) is 1. The summed E-state index contributed by atoms with van der Waals surface area (Å²) in [6, 6.07) is 0. The van der Waals surface area contributed by atoms with E-state index < -0.39 is 5.97 Å². The number of carbonyl (C=O) groups is 1. The molecule has 0 aromatic rings. The number of carboxylic acids is 1. The third kappa shape index (κ3) is 17.0. The van der Waals surface area contributed by atoms with Crippen LogP contribution in [0.3, 0.4) is 0 Å². The standard InChI is InChI=1S/C8H16O2.Au.Co/c1-7(2)5-3-4-6-8(9)10;;/h7H,3-6H2,1-2H3,(H,9,10);;. The van der Waals surface area contributed by atoms with E-state index >= 15 is 0 Å². The zero-order valence-corrected chi connectivity index (χ0v) is 10.6. The summed E-state index contributed by atoms with van der Waals surface area (Å²) in [6.07, 6.45) is 3.34. The molecule has 0 rings (SSSR count). The Morgan fingerprint density at radius 2 is 1.83 bits per heavy atom. The number of unbranched alkanes of at least 4 members (excludes halogenated alkanes) is 1. The van der Waals surface area contributed by atoms with Gasteiger partial charge in [0.2, 0.25) is 0 Å². The van der Waals surface area contributed by atoms with Gasteiger partial charge in [0.1, 0.15) is 0 Å². The zero-order chi connectivity index (χ0) is 7.98. The first kappa shape index (κ1) is 18.5. The molecule has 0 spiro atoms. The van der Waals surface area contributed by atoms with Crippen LogP contribution in [0.25, 0.3) is 0 Å². The van der Waals surface area contributed by atoms with Gasteiger partial charge in [-0.05, 0) is 12.3 Å². The molecule has 0 aliphatic carbocycles. The Kier molecular flexibility index (Phi) is 18.1. The summed E-state index contributed by atoms with van der Waals surface area (Å²) >= 11 is 0. The van der Waals surface area contributed by atoms with Crippen LogP contribution < -0.4 is 0 Å². The normalized spacial score (nSPS) is 8.58. The number of carboxylic acid groups (broad SMARTS) is 1. The van der Waals surface area contributed by atoms with Crippen LogP contribution in [-0.2, 0) is 44.0 Å². The Bertz CT molecular complexity index is 107. The predicted molar refractivity (Wildman–Crippen MR) is 40.9 cm³/mol. The van der Waals surface area contributed by atoms with Crippen LogP contribution in [0.5, 0.6) is 0 Å². The summed E-state index contributed by atoms with van der Waals surface area (Å²) in [7, 11) is 0. The SMILES string of the molecule is CC(C)CCCCC(=O)O.[Au].[Co]. The molecule has 0 fully saturated rings. The third-order valence-electron chi connectivity index (χ3n) is 1.42. The molecule has 1 N–H and O–H groups in total. The van der Waals surface area contributed by atoms with Crippen LogP contribution >= 0.6 is 0 Å². The van der Waals surface area contributed by atoms with Crippen LogP contribution in [0.4, 0.5) is 0 Å². The van der Waals surface area contributed by atoms with Gasteiger partial charge in [-0.25, -0.2) is 0 Å². The van der Waals surface area contributed by atoms with E-state index in [1.807, 2.05) is 0 Å². The molecular formula is C8H16AuCoO2. The molecular weight excluding hydrogens is 384 g/mol. The average molecular weight is 400 g/mol. The molecule has 4 heteroatoms. The molecule has 0 saturated heterocycles. The van der Waals surface area contributed by atoms with Crippen molar-refractivity contribution in [2.24, 2.45) is 5.92 Å². The second-order valence-corrected chi connectivity index (χ2v) is 3.03. The maximum Gasteiger partial charge on any atom is 0.303 e. The smallest absolute Gasteiger partial charge is 0.303 e. The molecule has 0 aliphatic heterocycles. The van der Waals surface area contributed by atoms with Gasteiger partial charge in [-0.2, -0.15) is 0 Å². The van der Waals surface area contributed by atoms with Gasteiger partial charge in [0.25, 0.3) is 0 Å². The molecule has 12 heavy (non-hydrogen) atoms. The van der Waals surface area contributed by atoms with E-state index in [0.717, 1.165) is 19.3 Å². The zero-order valence-electron chi connectivity index (χ0n) is 7.40. The van der Waals surface area contributed by atoms with E-state index in [1.165, 1.54) is 0 Å². The third-order valence-corrected chi connectivity index (χ3v) is 1.42. The molecule has 0 aliphatic rings. The minimum atomic E-state index is -0.677. The van der Waals surface area contributed by atoms with E-state index in [-0.39, 0.29) is 39.2 Å². The molecule has 0 aromatic carbocycles. The van der Waals surface area contributed by atoms with Gasteiger partial charge in [0.15, 0.2) is 0 Å². The molecule has 0 atom stereocenters. The molecule has 0 bridgehead atoms. The topological polar surface area (TPSA) is 37.3 Å². The molecule has 2 radical (unpaired) electrons. The molecule has 0 aromatic heterocycles. The predicted octanol–water partition coefficient (Wildman–Crippen LogP) is 2.28. The fraction of sp³-hybridized carbons (Fsp3) is 0.875. The minimum Gasteiger partial charge on any atom is -0.481 e. The molecule has 0 amide bonds. The summed E-state index contributed by atoms with van der Waals surface area (Å²) in [5.41, 5.74) is 0. The fourth-order valence-electron chi connectivity index (χ4n) is 0.829. The largest absolute Gasteiger partial charge is 0.481 e. The Morgan fingerprint density at radius 3 is 2.17 bits per heavy atom. The van der Waals surface area contributed by atoms with E-state index in [1.54, 1.807) is 0 Å². The van der Waals surface area contributed by atoms with Gasteiger partial charge in [0.05, 0.1) is 0 Å². The van der Waals surface area contributed by atoms with Crippen LogP contribution in [0, 0.1) is 5.92 Å². The average Bonchev–Trinajstić information content (AvgIpc) is 1.79. The van der Waals surface area contributed by atoms with E-state index in [9.17, 15) is 4.79 Å². The monoisotopic (exact) mass is 400 g/mol. The van der Waals surface area contributed by atoms with Crippen LogP contribution in [0.2, 0.25) is 0 Å². The van der Waals surface area contributed by atoms with E-state index in [4.69, 9.17) is 5.11 Å². The molecule has 0 saturated carbocycles. The van der Waals surface area contributed by atoms with Crippen molar-refractivity contribution < 1.29 is 49.1 Å². The van der Waals surface area contributed by atoms with Gasteiger partial charge >= 0.3 is 5.97 Å². The summed E-state index contributed by atoms with van der Waals surface area (Å²) in [4.78, 5) is 10.0. The fourth-order valence-corrected chi connectivity index (χ4v) is 0.829. The molecule has 80 valence electrons. The van der Waals surface area contributed by atoms with Gasteiger partial charge in [0, 0.05) is 45.6 Å². The van der Waals surface area contributed by atoms with Crippen molar-refractivity contribution in [2.45, 2.75) is 39.5 Å². The minimum absolute atomic E-state index is 0. The van der Waals surface area contributed by atoms with Crippen molar-refractivity contribution in [3.05, 3.63) is 0 Å². The van der Waals surface area contributed by atoms with E-state index in [0.29, 0.717) is 12.3 Å². The Hall–Kier alpha value is 0.717. The van der Waals surface area contributed by atoms with Crippen molar-refractivity contribution in [1.82, 2.24) is 0 Å². The van der Waals surface area contributed by atoms with Gasteiger partial charge in [-0.15, -0.1) is 0 Å². The van der Waals surface area contributed by atoms with Crippen LogP contribution in [-0.4, -0.2) is 11.1 Å². The summed E-state index contributed by atoms with van der Waals surface area (Å²) in [6.45, 7) is 4.31. The maximum atomic E-state index is 10.0. The maximum absolute atomic E-state index is 10.0. The van der Waals surface area contributed by atoms with Crippen LogP contribution in [0.15, 0.2) is 0 Å². The number of hydrogen-bond acceptors (Lipinski definition) is 1. The number of aliphatic carboxylic acids is 1. The Balaban J connectivity index is -0.000000405. The first-order valence-electron chi connectivity index (χ1n) is 3.84. The van der Waals surface area contributed by atoms with Crippen molar-refractivity contribution in [3.63, 3.8) is 0 Å². The molecule has 2 nitrogen and oxygen atoms in total. The van der Waals surface area contributed by atoms with Crippen molar-refractivity contribution in [3.8, 4) is 0 Å². The molecule has 0 heterocycles. The summed E-state index contributed by atoms with van der Waals surface area (Å²) in [5.74, 6) is 0.0255. The Morgan fingerprint density at radius 1 is 1.33 bits per heavy atom. The first-order valence-corrected chi connectivity index (χ1v) is 3.84. The van der Waals surface area contributed by atoms with Crippen molar-refractivity contribution in [2.75, 3.05) is 0 Å². The van der Waals surface area contributed by atoms with Crippen molar-refractivity contribution in [1.29, 1.82) is 0 Å². The van der Waals surface area contributed by atoms with Gasteiger partial charge in [-0.3, -0.25) is 4.79 Å². The second-order valence-electron chi connectivity index (χ2n) is 3.03. The molecule has 0 unspecified atom stereocenters. The second kappa shape index (κ2) is 11.7. The van der Waals surface area contributed by atoms with Gasteiger partial charge < -0.3 is 5.11 Å². The summed E-state index contributed by atoms with van der Waals surface area (Å²) in [5, 5.41) is 8.28. The van der Waals surface area contributed by atoms with Crippen molar-refractivity contribution >= 4 is 5.97 Å². The summed E-state index contributed by atoms with van der Waals surface area (Å²) < 4.78 is 0.